The lowest BCUT2D eigenvalue weighted by atomic mass is 9.94. The number of hydrogen-bond donors (Lipinski definition) is 0. The van der Waals surface area contributed by atoms with E-state index in [-0.39, 0.29) is 0 Å². The van der Waals surface area contributed by atoms with Gasteiger partial charge in [0.25, 0.3) is 0 Å². The predicted octanol–water partition coefficient (Wildman–Crippen LogP) is 2.91. The Bertz CT molecular complexity index is 159. The summed E-state index contributed by atoms with van der Waals surface area (Å²) in [6.07, 6.45) is 7.34. The first-order chi connectivity index (χ1) is 6.27. The van der Waals surface area contributed by atoms with Gasteiger partial charge in [-0.25, -0.2) is 0 Å². The maximum atomic E-state index is 2.74. The zero-order valence-corrected chi connectivity index (χ0v) is 9.13. The fourth-order valence-electron chi connectivity index (χ4n) is 3.04. The van der Waals surface area contributed by atoms with Crippen LogP contribution in [0.5, 0.6) is 0 Å². The van der Waals surface area contributed by atoms with Gasteiger partial charge in [0.15, 0.2) is 0 Å². The van der Waals surface area contributed by atoms with Crippen LogP contribution in [0.3, 0.4) is 0 Å². The average molecular weight is 181 g/mol. The molecule has 2 atom stereocenters. The number of rotatable bonds is 2. The molecular formula is C12H23N. The molecule has 2 aliphatic rings. The summed E-state index contributed by atoms with van der Waals surface area (Å²) in [5.41, 5.74) is 0. The molecule has 0 aromatic carbocycles. The standard InChI is InChI=1S/C12H23N/c1-10(2)11-5-6-12(9-11)13-7-3-4-8-13/h10-12H,3-9H2,1-2H3. The molecule has 0 amide bonds. The summed E-state index contributed by atoms with van der Waals surface area (Å²) in [4.78, 5) is 2.74. The maximum absolute atomic E-state index is 2.74. The van der Waals surface area contributed by atoms with Crippen LogP contribution in [0.4, 0.5) is 0 Å². The second-order valence-corrected chi connectivity index (χ2v) is 5.21. The van der Waals surface area contributed by atoms with Gasteiger partial charge in [-0.05, 0) is 57.0 Å². The van der Waals surface area contributed by atoms with Crippen molar-refractivity contribution in [3.63, 3.8) is 0 Å². The summed E-state index contributed by atoms with van der Waals surface area (Å²) in [5.74, 6) is 1.93. The Morgan fingerprint density at radius 2 is 1.77 bits per heavy atom. The fourth-order valence-corrected chi connectivity index (χ4v) is 3.04. The van der Waals surface area contributed by atoms with Crippen LogP contribution in [0.2, 0.25) is 0 Å². The molecule has 0 spiro atoms. The van der Waals surface area contributed by atoms with E-state index in [1.54, 1.807) is 0 Å². The maximum Gasteiger partial charge on any atom is 0.00980 e. The third-order valence-electron chi connectivity index (χ3n) is 4.05. The molecule has 76 valence electrons. The molecule has 1 aliphatic carbocycles. The second-order valence-electron chi connectivity index (χ2n) is 5.21. The Labute approximate surface area is 82.5 Å². The van der Waals surface area contributed by atoms with Crippen molar-refractivity contribution in [2.75, 3.05) is 13.1 Å². The lowest BCUT2D eigenvalue weighted by Gasteiger charge is -2.23. The van der Waals surface area contributed by atoms with Gasteiger partial charge in [-0.2, -0.15) is 0 Å². The van der Waals surface area contributed by atoms with Gasteiger partial charge in [-0.1, -0.05) is 13.8 Å². The van der Waals surface area contributed by atoms with Gasteiger partial charge >= 0.3 is 0 Å². The Balaban J connectivity index is 1.83. The summed E-state index contributed by atoms with van der Waals surface area (Å²) in [6.45, 7) is 7.54. The summed E-state index contributed by atoms with van der Waals surface area (Å²) in [6, 6.07) is 0.954. The Morgan fingerprint density at radius 3 is 2.31 bits per heavy atom. The van der Waals surface area contributed by atoms with E-state index in [0.29, 0.717) is 0 Å². The molecule has 13 heavy (non-hydrogen) atoms. The molecule has 1 heterocycles. The third kappa shape index (κ3) is 2.07. The molecule has 1 nitrogen and oxygen atoms in total. The minimum atomic E-state index is 0.910. The van der Waals surface area contributed by atoms with Gasteiger partial charge in [0.2, 0.25) is 0 Å². The molecule has 0 aromatic rings. The SMILES string of the molecule is CC(C)C1CCC(N2CCCC2)C1. The average Bonchev–Trinajstić information content (AvgIpc) is 2.75. The molecule has 2 unspecified atom stereocenters. The van der Waals surface area contributed by atoms with E-state index >= 15 is 0 Å². The fraction of sp³-hybridized carbons (Fsp3) is 1.00. The van der Waals surface area contributed by atoms with Crippen LogP contribution in [-0.2, 0) is 0 Å². The van der Waals surface area contributed by atoms with Crippen LogP contribution >= 0.6 is 0 Å². The minimum absolute atomic E-state index is 0.910. The topological polar surface area (TPSA) is 3.24 Å². The van der Waals surface area contributed by atoms with E-state index in [2.05, 4.69) is 18.7 Å². The van der Waals surface area contributed by atoms with E-state index in [9.17, 15) is 0 Å². The summed E-state index contributed by atoms with van der Waals surface area (Å²) >= 11 is 0. The first kappa shape index (κ1) is 9.51. The van der Waals surface area contributed by atoms with Gasteiger partial charge < -0.3 is 4.90 Å². The van der Waals surface area contributed by atoms with Crippen molar-refractivity contribution in [2.24, 2.45) is 11.8 Å². The van der Waals surface area contributed by atoms with E-state index in [4.69, 9.17) is 0 Å². The summed E-state index contributed by atoms with van der Waals surface area (Å²) < 4.78 is 0. The molecule has 0 aromatic heterocycles. The highest BCUT2D eigenvalue weighted by Gasteiger charge is 2.31. The van der Waals surface area contributed by atoms with Crippen molar-refractivity contribution in [1.29, 1.82) is 0 Å². The van der Waals surface area contributed by atoms with Gasteiger partial charge in [0.1, 0.15) is 0 Å². The van der Waals surface area contributed by atoms with Crippen molar-refractivity contribution in [3.8, 4) is 0 Å². The highest BCUT2D eigenvalue weighted by molar-refractivity contribution is 4.85. The van der Waals surface area contributed by atoms with Crippen molar-refractivity contribution >= 4 is 0 Å². The lowest BCUT2D eigenvalue weighted by molar-refractivity contribution is 0.234. The van der Waals surface area contributed by atoms with Gasteiger partial charge in [-0.15, -0.1) is 0 Å². The van der Waals surface area contributed by atoms with Crippen LogP contribution in [0.25, 0.3) is 0 Å². The first-order valence-corrected chi connectivity index (χ1v) is 6.01. The molecule has 1 saturated heterocycles. The highest BCUT2D eigenvalue weighted by Crippen LogP contribution is 2.35. The largest absolute Gasteiger partial charge is 0.300 e. The molecule has 2 fully saturated rings. The van der Waals surface area contributed by atoms with E-state index < -0.39 is 0 Å². The van der Waals surface area contributed by atoms with Gasteiger partial charge in [-0.3, -0.25) is 0 Å². The Morgan fingerprint density at radius 1 is 1.08 bits per heavy atom. The zero-order valence-electron chi connectivity index (χ0n) is 9.13. The molecule has 1 saturated carbocycles. The molecule has 0 radical (unpaired) electrons. The number of hydrogen-bond acceptors (Lipinski definition) is 1. The minimum Gasteiger partial charge on any atom is -0.300 e. The van der Waals surface area contributed by atoms with Gasteiger partial charge in [0.05, 0.1) is 0 Å². The van der Waals surface area contributed by atoms with Crippen LogP contribution in [0, 0.1) is 11.8 Å². The highest BCUT2D eigenvalue weighted by atomic mass is 15.2. The number of nitrogens with zero attached hydrogens (tertiary/aromatic N) is 1. The van der Waals surface area contributed by atoms with E-state index in [1.807, 2.05) is 0 Å². The first-order valence-electron chi connectivity index (χ1n) is 6.01. The van der Waals surface area contributed by atoms with Crippen molar-refractivity contribution in [2.45, 2.75) is 52.0 Å². The molecule has 2 rings (SSSR count). The molecule has 1 aliphatic heterocycles. The van der Waals surface area contributed by atoms with E-state index in [1.165, 1.54) is 45.2 Å². The number of likely N-dealkylation sites (tertiary alicyclic amines) is 1. The summed E-state index contributed by atoms with van der Waals surface area (Å²) in [5, 5.41) is 0. The normalized spacial score (nSPS) is 36.2. The van der Waals surface area contributed by atoms with Crippen LogP contribution in [-0.4, -0.2) is 24.0 Å². The van der Waals surface area contributed by atoms with Crippen LogP contribution < -0.4 is 0 Å². The second kappa shape index (κ2) is 4.00. The van der Waals surface area contributed by atoms with Crippen LogP contribution in [0.1, 0.15) is 46.0 Å². The quantitative estimate of drug-likeness (QED) is 0.633. The van der Waals surface area contributed by atoms with Gasteiger partial charge in [0, 0.05) is 6.04 Å². The van der Waals surface area contributed by atoms with Crippen LogP contribution in [0.15, 0.2) is 0 Å². The smallest absolute Gasteiger partial charge is 0.00980 e. The monoisotopic (exact) mass is 181 g/mol. The third-order valence-corrected chi connectivity index (χ3v) is 4.05. The molecule has 0 N–H and O–H groups in total. The molecular weight excluding hydrogens is 158 g/mol. The lowest BCUT2D eigenvalue weighted by Crippen LogP contribution is -2.30. The van der Waals surface area contributed by atoms with Crippen molar-refractivity contribution < 1.29 is 0 Å². The van der Waals surface area contributed by atoms with E-state index in [0.717, 1.165) is 17.9 Å². The molecule has 1 heteroatoms. The predicted molar refractivity (Wildman–Crippen MR) is 56.8 cm³/mol. The van der Waals surface area contributed by atoms with Crippen molar-refractivity contribution in [1.82, 2.24) is 4.90 Å². The van der Waals surface area contributed by atoms with Crippen molar-refractivity contribution in [3.05, 3.63) is 0 Å². The Kier molecular flexibility index (Phi) is 2.92. The Hall–Kier alpha value is -0.0400. The molecule has 0 bridgehead atoms. The summed E-state index contributed by atoms with van der Waals surface area (Å²) in [7, 11) is 0. The zero-order chi connectivity index (χ0) is 9.26.